The van der Waals surface area contributed by atoms with Gasteiger partial charge in [-0.15, -0.1) is 0 Å². The van der Waals surface area contributed by atoms with Crippen LogP contribution < -0.4 is 10.6 Å². The van der Waals surface area contributed by atoms with Crippen LogP contribution in [0.3, 0.4) is 0 Å². The molecule has 0 spiro atoms. The van der Waals surface area contributed by atoms with Crippen molar-refractivity contribution >= 4 is 40.8 Å². The van der Waals surface area contributed by atoms with Crippen LogP contribution in [-0.4, -0.2) is 23.7 Å². The summed E-state index contributed by atoms with van der Waals surface area (Å²) in [7, 11) is 0. The minimum absolute atomic E-state index is 0.122. The molecule has 4 rings (SSSR count). The largest absolute Gasteiger partial charge is 0.463 e. The molecule has 0 amide bonds. The molecule has 2 aromatic carbocycles. The molecule has 0 bridgehead atoms. The van der Waals surface area contributed by atoms with Gasteiger partial charge >= 0.3 is 5.97 Å². The number of fused-ring (bicyclic) bond motifs is 1. The lowest BCUT2D eigenvalue weighted by Crippen LogP contribution is -2.33. The molecule has 1 atom stereocenters. The number of para-hydroxylation sites is 2. The summed E-state index contributed by atoms with van der Waals surface area (Å²) < 4.78 is 5.29. The van der Waals surface area contributed by atoms with Gasteiger partial charge in [-0.2, -0.15) is 0 Å². The van der Waals surface area contributed by atoms with E-state index in [1.54, 1.807) is 20.1 Å². The van der Waals surface area contributed by atoms with Gasteiger partial charge in [0.05, 0.1) is 28.5 Å². The molecule has 0 fully saturated rings. The summed E-state index contributed by atoms with van der Waals surface area (Å²) in [5.41, 5.74) is 3.30. The van der Waals surface area contributed by atoms with Crippen LogP contribution in [0.4, 0.5) is 17.1 Å². The molecule has 158 valence electrons. The SMILES string of the molecule is CCOC(=O)C1=C(C)NC2=C(C=Nc3ccccc3N2)[C@H]1c1cc([N+](=O)[O-])ccc1Cl. The molecule has 0 saturated carbocycles. The summed E-state index contributed by atoms with van der Waals surface area (Å²) in [4.78, 5) is 28.4. The van der Waals surface area contributed by atoms with E-state index in [1.165, 1.54) is 18.2 Å². The maximum atomic E-state index is 12.9. The van der Waals surface area contributed by atoms with Gasteiger partial charge in [0.1, 0.15) is 5.82 Å². The standard InChI is InChI=1S/C22H19ClN4O4/c1-3-31-22(28)19-12(2)25-21-15(11-24-17-6-4-5-7-18(17)26-21)20(19)14-10-13(27(29)30)8-9-16(14)23/h4-11,20,25-26H,3H2,1-2H3/t20-/m1/s1. The monoisotopic (exact) mass is 438 g/mol. The van der Waals surface area contributed by atoms with Crippen molar-refractivity contribution in [2.24, 2.45) is 4.99 Å². The van der Waals surface area contributed by atoms with E-state index in [4.69, 9.17) is 16.3 Å². The Kier molecular flexibility index (Phi) is 5.48. The normalized spacial score (nSPS) is 17.2. The molecule has 2 aliphatic heterocycles. The molecular formula is C22H19ClN4O4. The maximum absolute atomic E-state index is 12.9. The summed E-state index contributed by atoms with van der Waals surface area (Å²) in [6.45, 7) is 3.66. The molecule has 0 unspecified atom stereocenters. The predicted octanol–water partition coefficient (Wildman–Crippen LogP) is 4.81. The Bertz CT molecular complexity index is 1190. The van der Waals surface area contributed by atoms with Crippen LogP contribution in [0.5, 0.6) is 0 Å². The van der Waals surface area contributed by atoms with Crippen LogP contribution in [0.15, 0.2) is 70.1 Å². The second-order valence-corrected chi connectivity index (χ2v) is 7.42. The topological polar surface area (TPSA) is 106 Å². The number of esters is 1. The third-order valence-electron chi connectivity index (χ3n) is 5.11. The lowest BCUT2D eigenvalue weighted by molar-refractivity contribution is -0.384. The van der Waals surface area contributed by atoms with E-state index < -0.39 is 16.8 Å². The predicted molar refractivity (Wildman–Crippen MR) is 119 cm³/mol. The fourth-order valence-corrected chi connectivity index (χ4v) is 3.95. The summed E-state index contributed by atoms with van der Waals surface area (Å²) in [6, 6.07) is 11.7. The zero-order chi connectivity index (χ0) is 22.1. The van der Waals surface area contributed by atoms with Crippen molar-refractivity contribution in [1.82, 2.24) is 5.32 Å². The first-order chi connectivity index (χ1) is 14.9. The Morgan fingerprint density at radius 1 is 1.26 bits per heavy atom. The number of aliphatic imine (C=N–C) groups is 1. The van der Waals surface area contributed by atoms with E-state index in [0.717, 1.165) is 11.4 Å². The van der Waals surface area contributed by atoms with Gasteiger partial charge in [0.15, 0.2) is 0 Å². The van der Waals surface area contributed by atoms with Crippen LogP contribution in [0.25, 0.3) is 0 Å². The van der Waals surface area contributed by atoms with Gasteiger partial charge < -0.3 is 15.4 Å². The van der Waals surface area contributed by atoms with Crippen LogP contribution in [0.2, 0.25) is 5.02 Å². The summed E-state index contributed by atoms with van der Waals surface area (Å²) in [6.07, 6.45) is 1.65. The number of non-ortho nitro benzene ring substituents is 1. The molecule has 0 saturated heterocycles. The molecule has 0 aromatic heterocycles. The third kappa shape index (κ3) is 3.77. The number of hydrogen-bond donors (Lipinski definition) is 2. The molecule has 9 heteroatoms. The number of carbonyl (C=O) groups is 1. The number of rotatable bonds is 4. The summed E-state index contributed by atoms with van der Waals surface area (Å²) in [5.74, 6) is -0.623. The van der Waals surface area contributed by atoms with Crippen molar-refractivity contribution in [3.63, 3.8) is 0 Å². The second kappa shape index (κ2) is 8.23. The van der Waals surface area contributed by atoms with Crippen molar-refractivity contribution in [2.45, 2.75) is 19.8 Å². The van der Waals surface area contributed by atoms with Crippen LogP contribution in [0.1, 0.15) is 25.3 Å². The first kappa shape index (κ1) is 20.6. The fraction of sp³-hybridized carbons (Fsp3) is 0.182. The molecule has 0 aliphatic carbocycles. The number of allylic oxidation sites excluding steroid dienone is 2. The molecule has 31 heavy (non-hydrogen) atoms. The molecule has 8 nitrogen and oxygen atoms in total. The van der Waals surface area contributed by atoms with Crippen LogP contribution in [0, 0.1) is 10.1 Å². The van der Waals surface area contributed by atoms with Crippen molar-refractivity contribution in [3.8, 4) is 0 Å². The number of ether oxygens (including phenoxy) is 1. The van der Waals surface area contributed by atoms with Gasteiger partial charge in [0, 0.05) is 40.6 Å². The van der Waals surface area contributed by atoms with Gasteiger partial charge in [-0.3, -0.25) is 15.1 Å². The Morgan fingerprint density at radius 2 is 2.03 bits per heavy atom. The highest BCUT2D eigenvalue weighted by Gasteiger charge is 2.37. The number of nitrogens with one attached hydrogen (secondary N) is 2. The zero-order valence-electron chi connectivity index (χ0n) is 16.8. The minimum atomic E-state index is -0.715. The molecule has 0 radical (unpaired) electrons. The maximum Gasteiger partial charge on any atom is 0.336 e. The van der Waals surface area contributed by atoms with E-state index in [0.29, 0.717) is 33.3 Å². The smallest absolute Gasteiger partial charge is 0.336 e. The Hall–Kier alpha value is -3.65. The van der Waals surface area contributed by atoms with E-state index in [1.807, 2.05) is 24.3 Å². The first-order valence-corrected chi connectivity index (χ1v) is 10.0. The molecular weight excluding hydrogens is 420 g/mol. The molecule has 2 heterocycles. The van der Waals surface area contributed by atoms with Crippen molar-refractivity contribution in [3.05, 3.63) is 85.8 Å². The summed E-state index contributed by atoms with van der Waals surface area (Å²) >= 11 is 6.48. The first-order valence-electron chi connectivity index (χ1n) is 9.63. The number of dihydropyridines is 1. The average Bonchev–Trinajstić information content (AvgIpc) is 2.92. The van der Waals surface area contributed by atoms with E-state index >= 15 is 0 Å². The number of carbonyl (C=O) groups excluding carboxylic acids is 1. The minimum Gasteiger partial charge on any atom is -0.463 e. The van der Waals surface area contributed by atoms with Crippen molar-refractivity contribution < 1.29 is 14.5 Å². The number of nitro groups is 1. The Morgan fingerprint density at radius 3 is 2.77 bits per heavy atom. The number of hydrogen-bond acceptors (Lipinski definition) is 7. The quantitative estimate of drug-likeness (QED) is 0.403. The lowest BCUT2D eigenvalue weighted by atomic mass is 9.81. The second-order valence-electron chi connectivity index (χ2n) is 7.01. The van der Waals surface area contributed by atoms with Crippen molar-refractivity contribution in [1.29, 1.82) is 0 Å². The number of halogens is 1. The molecule has 2 aromatic rings. The summed E-state index contributed by atoms with van der Waals surface area (Å²) in [5, 5.41) is 18.3. The number of anilines is 1. The lowest BCUT2D eigenvalue weighted by Gasteiger charge is -2.31. The van der Waals surface area contributed by atoms with Gasteiger partial charge in [0.25, 0.3) is 5.69 Å². The highest BCUT2D eigenvalue weighted by molar-refractivity contribution is 6.31. The molecule has 2 aliphatic rings. The number of benzene rings is 2. The number of nitrogens with zero attached hydrogens (tertiary/aromatic N) is 2. The van der Waals surface area contributed by atoms with Crippen LogP contribution in [-0.2, 0) is 9.53 Å². The van der Waals surface area contributed by atoms with Gasteiger partial charge in [0.2, 0.25) is 0 Å². The third-order valence-corrected chi connectivity index (χ3v) is 5.45. The van der Waals surface area contributed by atoms with Crippen molar-refractivity contribution in [2.75, 3.05) is 11.9 Å². The zero-order valence-corrected chi connectivity index (χ0v) is 17.6. The highest BCUT2D eigenvalue weighted by Crippen LogP contribution is 2.43. The van der Waals surface area contributed by atoms with Gasteiger partial charge in [-0.1, -0.05) is 23.7 Å². The van der Waals surface area contributed by atoms with E-state index in [-0.39, 0.29) is 12.3 Å². The van der Waals surface area contributed by atoms with Gasteiger partial charge in [-0.25, -0.2) is 4.79 Å². The van der Waals surface area contributed by atoms with Gasteiger partial charge in [-0.05, 0) is 37.6 Å². The molecule has 2 N–H and O–H groups in total. The van der Waals surface area contributed by atoms with E-state index in [9.17, 15) is 14.9 Å². The van der Waals surface area contributed by atoms with Crippen LogP contribution >= 0.6 is 11.6 Å². The highest BCUT2D eigenvalue weighted by atomic mass is 35.5. The fourth-order valence-electron chi connectivity index (χ4n) is 3.72. The Labute approximate surface area is 183 Å². The average molecular weight is 439 g/mol. The Balaban J connectivity index is 1.93. The number of nitro benzene ring substituents is 1. The van der Waals surface area contributed by atoms with E-state index in [2.05, 4.69) is 15.6 Å².